The fraction of sp³-hybridized carbons (Fsp3) is 0.150. The third-order valence-corrected chi connectivity index (χ3v) is 4.59. The van der Waals surface area contributed by atoms with Gasteiger partial charge in [-0.2, -0.15) is 10.2 Å². The molecule has 0 aliphatic carbocycles. The largest absolute Gasteiger partial charge is 0.368 e. The predicted octanol–water partition coefficient (Wildman–Crippen LogP) is 3.01. The Morgan fingerprint density at radius 3 is 2.67 bits per heavy atom. The van der Waals surface area contributed by atoms with E-state index >= 15 is 0 Å². The molecule has 0 fully saturated rings. The molecule has 27 heavy (non-hydrogen) atoms. The fourth-order valence-electron chi connectivity index (χ4n) is 3.18. The van der Waals surface area contributed by atoms with Gasteiger partial charge in [0.2, 0.25) is 5.95 Å². The Labute approximate surface area is 156 Å². The van der Waals surface area contributed by atoms with Crippen LogP contribution < -0.4 is 5.73 Å². The number of rotatable bonds is 3. The second kappa shape index (κ2) is 6.50. The molecule has 7 heteroatoms. The van der Waals surface area contributed by atoms with E-state index in [9.17, 15) is 0 Å². The molecule has 3 aromatic heterocycles. The molecule has 0 saturated heterocycles. The average molecular weight is 355 g/mol. The fourth-order valence-corrected chi connectivity index (χ4v) is 3.18. The van der Waals surface area contributed by atoms with Gasteiger partial charge in [-0.05, 0) is 36.6 Å². The van der Waals surface area contributed by atoms with Gasteiger partial charge in [-0.25, -0.2) is 9.97 Å². The summed E-state index contributed by atoms with van der Waals surface area (Å²) in [4.78, 5) is 17.4. The maximum atomic E-state index is 9.13. The van der Waals surface area contributed by atoms with Crippen LogP contribution in [-0.2, 0) is 6.54 Å². The first-order valence-corrected chi connectivity index (χ1v) is 8.46. The van der Waals surface area contributed by atoms with Gasteiger partial charge in [0.05, 0.1) is 18.4 Å². The zero-order valence-electron chi connectivity index (χ0n) is 15.0. The summed E-state index contributed by atoms with van der Waals surface area (Å²) in [6.45, 7) is 4.83. The van der Waals surface area contributed by atoms with Crippen LogP contribution in [0.1, 0.15) is 22.3 Å². The van der Waals surface area contributed by atoms with Crippen molar-refractivity contribution < 1.29 is 0 Å². The van der Waals surface area contributed by atoms with Crippen LogP contribution in [0.15, 0.2) is 43.0 Å². The lowest BCUT2D eigenvalue weighted by atomic mass is 10.0. The molecule has 7 nitrogen and oxygen atoms in total. The van der Waals surface area contributed by atoms with Crippen LogP contribution in [0.3, 0.4) is 0 Å². The number of imidazole rings is 1. The van der Waals surface area contributed by atoms with Crippen molar-refractivity contribution in [3.05, 3.63) is 65.2 Å². The van der Waals surface area contributed by atoms with E-state index in [1.165, 1.54) is 22.9 Å². The maximum absolute atomic E-state index is 9.13. The van der Waals surface area contributed by atoms with Crippen LogP contribution in [0.4, 0.5) is 5.95 Å². The molecule has 0 aliphatic rings. The lowest BCUT2D eigenvalue weighted by Gasteiger charge is -2.11. The number of nitrogen functional groups attached to an aromatic ring is 1. The monoisotopic (exact) mass is 355 g/mol. The van der Waals surface area contributed by atoms with Crippen molar-refractivity contribution in [2.75, 3.05) is 5.73 Å². The number of hydrogen-bond donors (Lipinski definition) is 1. The van der Waals surface area contributed by atoms with Crippen LogP contribution >= 0.6 is 0 Å². The Kier molecular flexibility index (Phi) is 4.01. The molecule has 0 atom stereocenters. The van der Waals surface area contributed by atoms with Crippen LogP contribution in [-0.4, -0.2) is 24.5 Å². The van der Waals surface area contributed by atoms with E-state index in [0.29, 0.717) is 34.5 Å². The van der Waals surface area contributed by atoms with Crippen molar-refractivity contribution in [2.24, 2.45) is 0 Å². The summed E-state index contributed by atoms with van der Waals surface area (Å²) >= 11 is 0. The molecular weight excluding hydrogens is 338 g/mol. The topological polar surface area (TPSA) is 106 Å². The molecule has 4 rings (SSSR count). The van der Waals surface area contributed by atoms with Gasteiger partial charge >= 0.3 is 0 Å². The number of aryl methyl sites for hydroxylation is 2. The van der Waals surface area contributed by atoms with Gasteiger partial charge < -0.3 is 10.3 Å². The quantitative estimate of drug-likeness (QED) is 0.605. The molecule has 132 valence electrons. The normalized spacial score (nSPS) is 10.9. The van der Waals surface area contributed by atoms with E-state index in [4.69, 9.17) is 11.0 Å². The Morgan fingerprint density at radius 1 is 1.15 bits per heavy atom. The highest BCUT2D eigenvalue weighted by molar-refractivity contribution is 5.88. The van der Waals surface area contributed by atoms with Gasteiger partial charge in [0, 0.05) is 18.0 Å². The molecule has 0 bridgehead atoms. The van der Waals surface area contributed by atoms with Gasteiger partial charge in [-0.1, -0.05) is 18.2 Å². The van der Waals surface area contributed by atoms with Gasteiger partial charge in [-0.3, -0.25) is 4.98 Å². The van der Waals surface area contributed by atoms with Gasteiger partial charge in [-0.15, -0.1) is 0 Å². The van der Waals surface area contributed by atoms with E-state index in [2.05, 4.69) is 52.0 Å². The first-order chi connectivity index (χ1) is 13.1. The summed E-state index contributed by atoms with van der Waals surface area (Å²) in [5, 5.41) is 9.13. The SMILES string of the molecule is Cc1cccc(C)c1Cn1cnc2c(-c3cncc(C#N)c3)nc(N)nc21. The van der Waals surface area contributed by atoms with Crippen molar-refractivity contribution in [1.82, 2.24) is 24.5 Å². The first-order valence-electron chi connectivity index (χ1n) is 8.46. The summed E-state index contributed by atoms with van der Waals surface area (Å²) in [6, 6.07) is 10.0. The molecular formula is C20H17N7. The highest BCUT2D eigenvalue weighted by Crippen LogP contribution is 2.27. The van der Waals surface area contributed by atoms with Crippen LogP contribution in [0.25, 0.3) is 22.4 Å². The third-order valence-electron chi connectivity index (χ3n) is 4.59. The lowest BCUT2D eigenvalue weighted by Crippen LogP contribution is -2.05. The Bertz CT molecular complexity index is 1180. The van der Waals surface area contributed by atoms with E-state index in [1.54, 1.807) is 18.6 Å². The van der Waals surface area contributed by atoms with E-state index in [0.717, 1.165) is 0 Å². The number of nitrogens with zero attached hydrogens (tertiary/aromatic N) is 6. The zero-order valence-corrected chi connectivity index (χ0v) is 15.0. The van der Waals surface area contributed by atoms with Crippen LogP contribution in [0.2, 0.25) is 0 Å². The molecule has 0 aliphatic heterocycles. The number of hydrogen-bond acceptors (Lipinski definition) is 6. The highest BCUT2D eigenvalue weighted by Gasteiger charge is 2.15. The molecule has 0 amide bonds. The minimum Gasteiger partial charge on any atom is -0.368 e. The zero-order chi connectivity index (χ0) is 19.0. The maximum Gasteiger partial charge on any atom is 0.222 e. The van der Waals surface area contributed by atoms with E-state index in [1.807, 2.05) is 10.6 Å². The van der Waals surface area contributed by atoms with Crippen molar-refractivity contribution >= 4 is 17.1 Å². The third kappa shape index (κ3) is 2.98. The number of anilines is 1. The Hall–Kier alpha value is -3.79. The first kappa shape index (κ1) is 16.7. The molecule has 2 N–H and O–H groups in total. The Balaban J connectivity index is 1.87. The van der Waals surface area contributed by atoms with Crippen molar-refractivity contribution in [2.45, 2.75) is 20.4 Å². The number of nitriles is 1. The number of benzene rings is 1. The standard InChI is InChI=1S/C20H17N7/c1-12-4-3-5-13(2)16(12)10-27-11-24-18-17(25-20(22)26-19(18)27)15-6-14(7-21)8-23-9-15/h3-6,8-9,11H,10H2,1-2H3,(H2,22,25,26). The van der Waals surface area contributed by atoms with Crippen LogP contribution in [0, 0.1) is 25.2 Å². The number of pyridine rings is 1. The predicted molar refractivity (Wildman–Crippen MR) is 103 cm³/mol. The second-order valence-corrected chi connectivity index (χ2v) is 6.42. The smallest absolute Gasteiger partial charge is 0.222 e. The van der Waals surface area contributed by atoms with E-state index < -0.39 is 0 Å². The van der Waals surface area contributed by atoms with Crippen molar-refractivity contribution in [3.63, 3.8) is 0 Å². The molecule has 0 radical (unpaired) electrons. The number of nitrogens with two attached hydrogens (primary N) is 1. The number of fused-ring (bicyclic) bond motifs is 1. The lowest BCUT2D eigenvalue weighted by molar-refractivity contribution is 0.802. The molecule has 0 unspecified atom stereocenters. The van der Waals surface area contributed by atoms with Gasteiger partial charge in [0.25, 0.3) is 0 Å². The summed E-state index contributed by atoms with van der Waals surface area (Å²) in [5.41, 5.74) is 12.6. The molecule has 0 saturated carbocycles. The average Bonchev–Trinajstić information content (AvgIpc) is 3.07. The summed E-state index contributed by atoms with van der Waals surface area (Å²) in [6.07, 6.45) is 4.90. The molecule has 3 heterocycles. The second-order valence-electron chi connectivity index (χ2n) is 6.42. The van der Waals surface area contributed by atoms with Gasteiger partial charge in [0.15, 0.2) is 5.65 Å². The van der Waals surface area contributed by atoms with Crippen LogP contribution in [0.5, 0.6) is 0 Å². The number of aromatic nitrogens is 5. The molecule has 0 spiro atoms. The summed E-state index contributed by atoms with van der Waals surface area (Å²) in [5.74, 6) is 0.156. The van der Waals surface area contributed by atoms with Gasteiger partial charge in [0.1, 0.15) is 17.3 Å². The summed E-state index contributed by atoms with van der Waals surface area (Å²) in [7, 11) is 0. The highest BCUT2D eigenvalue weighted by atomic mass is 15.1. The summed E-state index contributed by atoms with van der Waals surface area (Å²) < 4.78 is 1.97. The molecule has 4 aromatic rings. The minimum absolute atomic E-state index is 0.156. The van der Waals surface area contributed by atoms with Crippen molar-refractivity contribution in [3.8, 4) is 17.3 Å². The Morgan fingerprint density at radius 2 is 1.93 bits per heavy atom. The minimum atomic E-state index is 0.156. The van der Waals surface area contributed by atoms with E-state index in [-0.39, 0.29) is 5.95 Å². The van der Waals surface area contributed by atoms with Crippen molar-refractivity contribution in [1.29, 1.82) is 5.26 Å². The molecule has 1 aromatic carbocycles.